The average Bonchev–Trinajstić information content (AvgIpc) is 2.97. The molecule has 1 heterocycles. The SMILES string of the molecule is O=C(O)CCN1C(=O)C(=O)/C(=C(/O)c2ccccc2)[C@H]1c1cccc([N+](=O)[O-])c1. The van der Waals surface area contributed by atoms with Crippen molar-refractivity contribution >= 4 is 29.1 Å². The third-order valence-corrected chi connectivity index (χ3v) is 4.55. The monoisotopic (exact) mass is 396 g/mol. The van der Waals surface area contributed by atoms with Gasteiger partial charge in [-0.05, 0) is 5.56 Å². The number of hydrogen-bond acceptors (Lipinski definition) is 6. The zero-order valence-corrected chi connectivity index (χ0v) is 15.0. The van der Waals surface area contributed by atoms with Crippen LogP contribution >= 0.6 is 0 Å². The Kier molecular flexibility index (Phi) is 5.40. The van der Waals surface area contributed by atoms with E-state index in [2.05, 4.69) is 0 Å². The highest BCUT2D eigenvalue weighted by atomic mass is 16.6. The van der Waals surface area contributed by atoms with E-state index in [-0.39, 0.29) is 23.4 Å². The van der Waals surface area contributed by atoms with Crippen LogP contribution in [0.1, 0.15) is 23.6 Å². The summed E-state index contributed by atoms with van der Waals surface area (Å²) in [5, 5.41) is 30.9. The van der Waals surface area contributed by atoms with Gasteiger partial charge in [0.2, 0.25) is 0 Å². The molecule has 0 spiro atoms. The number of benzene rings is 2. The van der Waals surface area contributed by atoms with Crippen LogP contribution in [0.25, 0.3) is 5.76 Å². The summed E-state index contributed by atoms with van der Waals surface area (Å²) < 4.78 is 0. The normalized spacial score (nSPS) is 18.1. The number of ketones is 1. The molecule has 29 heavy (non-hydrogen) atoms. The van der Waals surface area contributed by atoms with Crippen molar-refractivity contribution in [3.8, 4) is 0 Å². The van der Waals surface area contributed by atoms with Crippen LogP contribution < -0.4 is 0 Å². The molecular weight excluding hydrogens is 380 g/mol. The van der Waals surface area contributed by atoms with Gasteiger partial charge >= 0.3 is 5.97 Å². The van der Waals surface area contributed by atoms with Crippen molar-refractivity contribution in [1.82, 2.24) is 4.90 Å². The van der Waals surface area contributed by atoms with E-state index in [1.807, 2.05) is 0 Å². The lowest BCUT2D eigenvalue weighted by atomic mass is 9.95. The lowest BCUT2D eigenvalue weighted by Gasteiger charge is -2.24. The molecule has 1 saturated heterocycles. The Balaban J connectivity index is 2.18. The summed E-state index contributed by atoms with van der Waals surface area (Å²) in [4.78, 5) is 47.8. The Hall–Kier alpha value is -4.01. The van der Waals surface area contributed by atoms with Crippen LogP contribution in [0.5, 0.6) is 0 Å². The van der Waals surface area contributed by atoms with Crippen LogP contribution in [0.15, 0.2) is 60.2 Å². The number of carboxylic acids is 1. The quantitative estimate of drug-likeness (QED) is 0.251. The highest BCUT2D eigenvalue weighted by Gasteiger charge is 2.46. The average molecular weight is 396 g/mol. The first-order valence-corrected chi connectivity index (χ1v) is 8.61. The number of nitro groups is 1. The molecule has 1 fully saturated rings. The van der Waals surface area contributed by atoms with Crippen LogP contribution in [-0.2, 0) is 14.4 Å². The van der Waals surface area contributed by atoms with Crippen molar-refractivity contribution in [2.24, 2.45) is 0 Å². The third kappa shape index (κ3) is 3.84. The summed E-state index contributed by atoms with van der Waals surface area (Å²) in [6.45, 7) is -0.293. The van der Waals surface area contributed by atoms with Gasteiger partial charge in [-0.15, -0.1) is 0 Å². The minimum atomic E-state index is -1.17. The van der Waals surface area contributed by atoms with E-state index in [4.69, 9.17) is 5.11 Å². The van der Waals surface area contributed by atoms with Crippen molar-refractivity contribution in [2.45, 2.75) is 12.5 Å². The summed E-state index contributed by atoms with van der Waals surface area (Å²) in [5.74, 6) is -3.56. The van der Waals surface area contributed by atoms with Gasteiger partial charge in [0.25, 0.3) is 17.4 Å². The number of carbonyl (C=O) groups excluding carboxylic acids is 2. The fourth-order valence-electron chi connectivity index (χ4n) is 3.23. The zero-order valence-electron chi connectivity index (χ0n) is 15.0. The van der Waals surface area contributed by atoms with Gasteiger partial charge in [-0.2, -0.15) is 0 Å². The topological polar surface area (TPSA) is 138 Å². The Morgan fingerprint density at radius 1 is 1.07 bits per heavy atom. The number of aliphatic hydroxyl groups excluding tert-OH is 1. The fourth-order valence-corrected chi connectivity index (χ4v) is 3.23. The molecule has 1 atom stereocenters. The molecule has 2 N–H and O–H groups in total. The molecule has 0 unspecified atom stereocenters. The third-order valence-electron chi connectivity index (χ3n) is 4.55. The first-order chi connectivity index (χ1) is 13.8. The van der Waals surface area contributed by atoms with E-state index >= 15 is 0 Å². The van der Waals surface area contributed by atoms with Gasteiger partial charge in [-0.3, -0.25) is 24.5 Å². The molecule has 3 rings (SSSR count). The molecule has 1 aliphatic heterocycles. The molecule has 0 aromatic heterocycles. The Morgan fingerprint density at radius 3 is 2.38 bits per heavy atom. The second-order valence-corrected chi connectivity index (χ2v) is 6.35. The van der Waals surface area contributed by atoms with Gasteiger partial charge in [-0.25, -0.2) is 0 Å². The molecular formula is C20H16N2O7. The van der Waals surface area contributed by atoms with Gasteiger partial charge in [0.05, 0.1) is 23.0 Å². The Labute approximate surface area is 164 Å². The number of hydrogen-bond donors (Lipinski definition) is 2. The number of carboxylic acid groups (broad SMARTS) is 1. The number of Topliss-reactive ketones (excluding diaryl/α,β-unsaturated/α-hetero) is 1. The molecule has 9 nitrogen and oxygen atoms in total. The maximum absolute atomic E-state index is 12.7. The number of non-ortho nitro benzene ring substituents is 1. The highest BCUT2D eigenvalue weighted by molar-refractivity contribution is 6.46. The Morgan fingerprint density at radius 2 is 1.76 bits per heavy atom. The van der Waals surface area contributed by atoms with Gasteiger partial charge in [-0.1, -0.05) is 42.5 Å². The van der Waals surface area contributed by atoms with E-state index in [0.29, 0.717) is 5.56 Å². The summed E-state index contributed by atoms with van der Waals surface area (Å²) in [7, 11) is 0. The van der Waals surface area contributed by atoms with Gasteiger partial charge < -0.3 is 15.1 Å². The molecule has 0 radical (unpaired) electrons. The first-order valence-electron chi connectivity index (χ1n) is 8.61. The van der Waals surface area contributed by atoms with Gasteiger partial charge in [0, 0.05) is 24.2 Å². The molecule has 0 aliphatic carbocycles. The smallest absolute Gasteiger partial charge is 0.305 e. The second-order valence-electron chi connectivity index (χ2n) is 6.35. The Bertz CT molecular complexity index is 1030. The predicted molar refractivity (Wildman–Crippen MR) is 101 cm³/mol. The molecule has 9 heteroatoms. The number of aliphatic hydroxyl groups is 1. The molecule has 1 amide bonds. The zero-order chi connectivity index (χ0) is 21.1. The van der Waals surface area contributed by atoms with E-state index in [1.54, 1.807) is 30.3 Å². The largest absolute Gasteiger partial charge is 0.507 e. The number of rotatable bonds is 6. The van der Waals surface area contributed by atoms with Crippen molar-refractivity contribution < 1.29 is 29.5 Å². The summed E-state index contributed by atoms with van der Waals surface area (Å²) in [5.41, 5.74) is 0.0126. The lowest BCUT2D eigenvalue weighted by molar-refractivity contribution is -0.384. The molecule has 0 bridgehead atoms. The van der Waals surface area contributed by atoms with Gasteiger partial charge in [0.15, 0.2) is 0 Å². The molecule has 0 saturated carbocycles. The lowest BCUT2D eigenvalue weighted by Crippen LogP contribution is -2.31. The van der Waals surface area contributed by atoms with Crippen LogP contribution in [0.3, 0.4) is 0 Å². The van der Waals surface area contributed by atoms with E-state index < -0.39 is 40.8 Å². The van der Waals surface area contributed by atoms with E-state index in [1.165, 1.54) is 24.3 Å². The number of carbonyl (C=O) groups is 3. The van der Waals surface area contributed by atoms with Crippen LogP contribution in [-0.4, -0.2) is 44.2 Å². The fraction of sp³-hybridized carbons (Fsp3) is 0.150. The maximum atomic E-state index is 12.7. The number of likely N-dealkylation sites (tertiary alicyclic amines) is 1. The van der Waals surface area contributed by atoms with Crippen molar-refractivity contribution in [1.29, 1.82) is 0 Å². The van der Waals surface area contributed by atoms with Crippen LogP contribution in [0, 0.1) is 10.1 Å². The molecule has 148 valence electrons. The van der Waals surface area contributed by atoms with Crippen molar-refractivity contribution in [2.75, 3.05) is 6.54 Å². The van der Waals surface area contributed by atoms with E-state index in [9.17, 15) is 29.6 Å². The van der Waals surface area contributed by atoms with E-state index in [0.717, 1.165) is 4.90 Å². The maximum Gasteiger partial charge on any atom is 0.305 e. The molecule has 2 aromatic rings. The van der Waals surface area contributed by atoms with Gasteiger partial charge in [0.1, 0.15) is 5.76 Å². The summed E-state index contributed by atoms with van der Waals surface area (Å²) in [6.07, 6.45) is -0.427. The summed E-state index contributed by atoms with van der Waals surface area (Å²) >= 11 is 0. The van der Waals surface area contributed by atoms with Crippen LogP contribution in [0.2, 0.25) is 0 Å². The molecule has 1 aliphatic rings. The minimum Gasteiger partial charge on any atom is -0.507 e. The summed E-state index contributed by atoms with van der Waals surface area (Å²) in [6, 6.07) is 12.3. The number of nitro benzene ring substituents is 1. The van der Waals surface area contributed by atoms with Crippen LogP contribution in [0.4, 0.5) is 5.69 Å². The predicted octanol–water partition coefficient (Wildman–Crippen LogP) is 2.49. The number of amides is 1. The highest BCUT2D eigenvalue weighted by Crippen LogP contribution is 2.40. The minimum absolute atomic E-state index is 0.223. The second kappa shape index (κ2) is 7.93. The standard InChI is InChI=1S/C20H16N2O7/c23-15(24)9-10-21-17(13-7-4-8-14(11-13)22(28)29)16(19(26)20(21)27)18(25)12-5-2-1-3-6-12/h1-8,11,17,25H,9-10H2,(H,23,24)/b18-16+/t17-/m1/s1. The number of nitrogens with zero attached hydrogens (tertiary/aromatic N) is 2. The van der Waals surface area contributed by atoms with Crippen molar-refractivity contribution in [3.63, 3.8) is 0 Å². The number of aliphatic carboxylic acids is 1. The van der Waals surface area contributed by atoms with Crippen molar-refractivity contribution in [3.05, 3.63) is 81.4 Å². The first kappa shape index (κ1) is 19.7. The molecule has 2 aromatic carbocycles.